The fourth-order valence-electron chi connectivity index (χ4n) is 2.66. The van der Waals surface area contributed by atoms with E-state index in [9.17, 15) is 13.2 Å². The first-order chi connectivity index (χ1) is 12.9. The monoisotopic (exact) mass is 391 g/mol. The number of nitrogens with two attached hydrogens (primary N) is 1. The van der Waals surface area contributed by atoms with Crippen molar-refractivity contribution in [3.8, 4) is 5.88 Å². The summed E-state index contributed by atoms with van der Waals surface area (Å²) in [5.74, 6) is 0.169. The summed E-state index contributed by atoms with van der Waals surface area (Å²) in [5.41, 5.74) is 1.35. The zero-order valence-corrected chi connectivity index (χ0v) is 15.4. The van der Waals surface area contributed by atoms with Gasteiger partial charge in [-0.25, -0.2) is 18.5 Å². The first kappa shape index (κ1) is 19.3. The predicted octanol–water partition coefficient (Wildman–Crippen LogP) is 0.869. The van der Waals surface area contributed by atoms with Crippen molar-refractivity contribution >= 4 is 15.9 Å². The number of nitrogens with zero attached hydrogens (tertiary/aromatic N) is 1. The Balaban J connectivity index is 1.51. The number of carbonyl (C=O) groups excluding carboxylic acids is 1. The van der Waals surface area contributed by atoms with Crippen LogP contribution in [0.2, 0.25) is 0 Å². The van der Waals surface area contributed by atoms with Crippen molar-refractivity contribution in [2.75, 3.05) is 19.8 Å². The highest BCUT2D eigenvalue weighted by atomic mass is 32.2. The van der Waals surface area contributed by atoms with Gasteiger partial charge in [0.25, 0.3) is 5.91 Å². The first-order valence-corrected chi connectivity index (χ1v) is 10.1. The standard InChI is InChI=1S/C18H21N3O5S/c19-27(23,24)16-3-1-13(2-4-16)5-8-21-18(22)14-6-9-20-17(11-14)26-15-7-10-25-12-15/h1-4,6,9,11,15H,5,7-8,10,12H2,(H,21,22)(H2,19,23,24). The number of amides is 1. The lowest BCUT2D eigenvalue weighted by molar-refractivity contribution is 0.0952. The minimum absolute atomic E-state index is 0.0314. The van der Waals surface area contributed by atoms with Gasteiger partial charge in [0.2, 0.25) is 15.9 Å². The molecule has 1 aliphatic rings. The average molecular weight is 391 g/mol. The van der Waals surface area contributed by atoms with E-state index < -0.39 is 10.0 Å². The molecular weight excluding hydrogens is 370 g/mol. The average Bonchev–Trinajstić information content (AvgIpc) is 3.14. The third kappa shape index (κ3) is 5.49. The van der Waals surface area contributed by atoms with Crippen LogP contribution < -0.4 is 15.2 Å². The first-order valence-electron chi connectivity index (χ1n) is 8.52. The van der Waals surface area contributed by atoms with Gasteiger partial charge >= 0.3 is 0 Å². The lowest BCUT2D eigenvalue weighted by Gasteiger charge is -2.11. The van der Waals surface area contributed by atoms with E-state index in [1.165, 1.54) is 18.3 Å². The van der Waals surface area contributed by atoms with Crippen LogP contribution in [0.3, 0.4) is 0 Å². The topological polar surface area (TPSA) is 121 Å². The van der Waals surface area contributed by atoms with Crippen LogP contribution >= 0.6 is 0 Å². The molecule has 1 aromatic carbocycles. The Labute approximate surface area is 157 Å². The van der Waals surface area contributed by atoms with Gasteiger partial charge in [-0.2, -0.15) is 0 Å². The summed E-state index contributed by atoms with van der Waals surface area (Å²) in [6.45, 7) is 1.61. The normalized spacial score (nSPS) is 16.9. The number of pyridine rings is 1. The molecule has 8 nitrogen and oxygen atoms in total. The largest absolute Gasteiger partial charge is 0.472 e. The van der Waals surface area contributed by atoms with Crippen LogP contribution in [0.25, 0.3) is 0 Å². The third-order valence-corrected chi connectivity index (χ3v) is 5.05. The molecule has 0 spiro atoms. The van der Waals surface area contributed by atoms with Crippen molar-refractivity contribution in [3.63, 3.8) is 0 Å². The number of aromatic nitrogens is 1. The highest BCUT2D eigenvalue weighted by Gasteiger charge is 2.18. The molecule has 1 amide bonds. The van der Waals surface area contributed by atoms with Crippen LogP contribution in [-0.2, 0) is 21.2 Å². The van der Waals surface area contributed by atoms with Crippen molar-refractivity contribution < 1.29 is 22.7 Å². The Morgan fingerprint density at radius 2 is 2.07 bits per heavy atom. The van der Waals surface area contributed by atoms with Gasteiger partial charge in [0.1, 0.15) is 6.10 Å². The zero-order chi connectivity index (χ0) is 19.3. The maximum atomic E-state index is 12.3. The number of benzene rings is 1. The summed E-state index contributed by atoms with van der Waals surface area (Å²) in [4.78, 5) is 16.5. The van der Waals surface area contributed by atoms with Gasteiger partial charge in [-0.15, -0.1) is 0 Å². The summed E-state index contributed by atoms with van der Waals surface area (Å²) in [5, 5.41) is 7.89. The molecule has 1 unspecified atom stereocenters. The van der Waals surface area contributed by atoms with Gasteiger partial charge in [0, 0.05) is 30.8 Å². The maximum absolute atomic E-state index is 12.3. The number of hydrogen-bond donors (Lipinski definition) is 2. The molecule has 9 heteroatoms. The lowest BCUT2D eigenvalue weighted by Crippen LogP contribution is -2.26. The second kappa shape index (κ2) is 8.47. The van der Waals surface area contributed by atoms with Gasteiger partial charge in [-0.05, 0) is 30.2 Å². The second-order valence-electron chi connectivity index (χ2n) is 6.18. The third-order valence-electron chi connectivity index (χ3n) is 4.12. The van der Waals surface area contributed by atoms with Crippen LogP contribution in [0.5, 0.6) is 5.88 Å². The Morgan fingerprint density at radius 3 is 2.74 bits per heavy atom. The number of rotatable bonds is 7. The van der Waals surface area contributed by atoms with Crippen molar-refractivity contribution in [3.05, 3.63) is 53.7 Å². The summed E-state index contributed by atoms with van der Waals surface area (Å²) >= 11 is 0. The van der Waals surface area contributed by atoms with E-state index in [4.69, 9.17) is 14.6 Å². The van der Waals surface area contributed by atoms with Crippen LogP contribution in [-0.4, -0.2) is 45.2 Å². The smallest absolute Gasteiger partial charge is 0.251 e. The van der Waals surface area contributed by atoms with Gasteiger partial charge in [0.05, 0.1) is 18.1 Å². The predicted molar refractivity (Wildman–Crippen MR) is 97.9 cm³/mol. The quantitative estimate of drug-likeness (QED) is 0.722. The zero-order valence-electron chi connectivity index (χ0n) is 14.6. The fourth-order valence-corrected chi connectivity index (χ4v) is 3.18. The molecule has 0 radical (unpaired) electrons. The number of primary sulfonamides is 1. The van der Waals surface area contributed by atoms with Crippen LogP contribution in [0.1, 0.15) is 22.3 Å². The molecular formula is C18H21N3O5S. The second-order valence-corrected chi connectivity index (χ2v) is 7.74. The molecule has 1 fully saturated rings. The van der Waals surface area contributed by atoms with Gasteiger partial charge in [-0.3, -0.25) is 4.79 Å². The number of nitrogens with one attached hydrogen (secondary N) is 1. The molecule has 1 aromatic heterocycles. The van der Waals surface area contributed by atoms with E-state index in [1.54, 1.807) is 24.3 Å². The van der Waals surface area contributed by atoms with E-state index in [1.807, 2.05) is 0 Å². The molecule has 144 valence electrons. The van der Waals surface area contributed by atoms with Gasteiger partial charge < -0.3 is 14.8 Å². The fraction of sp³-hybridized carbons (Fsp3) is 0.333. The SMILES string of the molecule is NS(=O)(=O)c1ccc(CCNC(=O)c2ccnc(OC3CCOC3)c2)cc1. The molecule has 3 N–H and O–H groups in total. The molecule has 27 heavy (non-hydrogen) atoms. The lowest BCUT2D eigenvalue weighted by atomic mass is 10.1. The summed E-state index contributed by atoms with van der Waals surface area (Å²) in [7, 11) is -3.70. The Kier molecular flexibility index (Phi) is 6.04. The molecule has 1 saturated heterocycles. The van der Waals surface area contributed by atoms with E-state index >= 15 is 0 Å². The van der Waals surface area contributed by atoms with Crippen LogP contribution in [0.4, 0.5) is 0 Å². The minimum Gasteiger partial charge on any atom is -0.472 e. The minimum atomic E-state index is -3.70. The summed E-state index contributed by atoms with van der Waals surface area (Å²) in [6.07, 6.45) is 2.87. The molecule has 2 aromatic rings. The van der Waals surface area contributed by atoms with Crippen molar-refractivity contribution in [2.24, 2.45) is 5.14 Å². The van der Waals surface area contributed by atoms with Crippen molar-refractivity contribution in [1.29, 1.82) is 0 Å². The highest BCUT2D eigenvalue weighted by Crippen LogP contribution is 2.15. The Morgan fingerprint density at radius 1 is 1.30 bits per heavy atom. The van der Waals surface area contributed by atoms with E-state index in [2.05, 4.69) is 10.3 Å². The molecule has 1 aliphatic heterocycles. The Hall–Kier alpha value is -2.49. The number of sulfonamides is 1. The summed E-state index contributed by atoms with van der Waals surface area (Å²) < 4.78 is 33.4. The van der Waals surface area contributed by atoms with Crippen LogP contribution in [0, 0.1) is 0 Å². The maximum Gasteiger partial charge on any atom is 0.251 e. The van der Waals surface area contributed by atoms with Crippen molar-refractivity contribution in [1.82, 2.24) is 10.3 Å². The highest BCUT2D eigenvalue weighted by molar-refractivity contribution is 7.89. The van der Waals surface area contributed by atoms with Crippen LogP contribution in [0.15, 0.2) is 47.5 Å². The molecule has 3 rings (SSSR count). The Bertz CT molecular complexity index is 893. The number of hydrogen-bond acceptors (Lipinski definition) is 6. The number of ether oxygens (including phenoxy) is 2. The molecule has 0 aliphatic carbocycles. The van der Waals surface area contributed by atoms with E-state index in [0.29, 0.717) is 37.6 Å². The van der Waals surface area contributed by atoms with Gasteiger partial charge in [-0.1, -0.05) is 12.1 Å². The molecule has 0 bridgehead atoms. The summed E-state index contributed by atoms with van der Waals surface area (Å²) in [6, 6.07) is 9.47. The van der Waals surface area contributed by atoms with E-state index in [0.717, 1.165) is 12.0 Å². The van der Waals surface area contributed by atoms with Crippen molar-refractivity contribution in [2.45, 2.75) is 23.8 Å². The van der Waals surface area contributed by atoms with Gasteiger partial charge in [0.15, 0.2) is 0 Å². The molecule has 2 heterocycles. The number of carbonyl (C=O) groups is 1. The molecule has 1 atom stereocenters. The molecule has 0 saturated carbocycles. The van der Waals surface area contributed by atoms with E-state index in [-0.39, 0.29) is 16.9 Å².